The Morgan fingerprint density at radius 3 is 2.60 bits per heavy atom. The topological polar surface area (TPSA) is 30.5 Å². The Kier molecular flexibility index (Phi) is 4.56. The fraction of sp³-hybridized carbons (Fsp3) is 1.00. The summed E-state index contributed by atoms with van der Waals surface area (Å²) in [6, 6.07) is 0.409. The second-order valence-corrected chi connectivity index (χ2v) is 5.51. The molecule has 3 nitrogen and oxygen atoms in total. The van der Waals surface area contributed by atoms with Gasteiger partial charge in [0, 0.05) is 18.7 Å². The van der Waals surface area contributed by atoms with E-state index in [4.69, 9.17) is 9.47 Å². The van der Waals surface area contributed by atoms with E-state index in [2.05, 4.69) is 33.0 Å². The first-order valence-electron chi connectivity index (χ1n) is 5.84. The van der Waals surface area contributed by atoms with Gasteiger partial charge in [0.15, 0.2) is 0 Å². The molecule has 3 atom stereocenters. The summed E-state index contributed by atoms with van der Waals surface area (Å²) in [5, 5.41) is 3.56. The highest BCUT2D eigenvalue weighted by molar-refractivity contribution is 4.85. The summed E-state index contributed by atoms with van der Waals surface area (Å²) >= 11 is 0. The van der Waals surface area contributed by atoms with Crippen LogP contribution in [0, 0.1) is 0 Å². The van der Waals surface area contributed by atoms with Crippen LogP contribution in [0.5, 0.6) is 0 Å². The molecular weight excluding hydrogens is 190 g/mol. The Morgan fingerprint density at radius 2 is 2.07 bits per heavy atom. The molecule has 3 unspecified atom stereocenters. The van der Waals surface area contributed by atoms with Crippen molar-refractivity contribution in [1.29, 1.82) is 0 Å². The molecule has 0 aromatic carbocycles. The van der Waals surface area contributed by atoms with E-state index in [0.717, 1.165) is 19.4 Å². The number of rotatable bonds is 4. The molecule has 0 aliphatic carbocycles. The van der Waals surface area contributed by atoms with Gasteiger partial charge in [0.05, 0.1) is 18.8 Å². The van der Waals surface area contributed by atoms with Crippen LogP contribution >= 0.6 is 0 Å². The Bertz CT molecular complexity index is 189. The first kappa shape index (κ1) is 12.9. The van der Waals surface area contributed by atoms with E-state index in [1.54, 1.807) is 7.11 Å². The van der Waals surface area contributed by atoms with Gasteiger partial charge in [0.2, 0.25) is 0 Å². The first-order chi connectivity index (χ1) is 6.92. The maximum absolute atomic E-state index is 5.92. The van der Waals surface area contributed by atoms with Crippen LogP contribution in [-0.2, 0) is 9.47 Å². The van der Waals surface area contributed by atoms with Crippen molar-refractivity contribution >= 4 is 0 Å². The predicted molar refractivity (Wildman–Crippen MR) is 62.1 cm³/mol. The van der Waals surface area contributed by atoms with Gasteiger partial charge in [-0.1, -0.05) is 0 Å². The van der Waals surface area contributed by atoms with Crippen LogP contribution in [-0.4, -0.2) is 37.5 Å². The van der Waals surface area contributed by atoms with Crippen molar-refractivity contribution in [2.45, 2.75) is 64.3 Å². The molecule has 90 valence electrons. The summed E-state index contributed by atoms with van der Waals surface area (Å²) in [5.41, 5.74) is 0.155. The molecule has 0 amide bonds. The smallest absolute Gasteiger partial charge is 0.0813 e. The number of hydrogen-bond donors (Lipinski definition) is 1. The molecule has 1 aliphatic rings. The lowest BCUT2D eigenvalue weighted by Crippen LogP contribution is -2.47. The van der Waals surface area contributed by atoms with Crippen molar-refractivity contribution < 1.29 is 9.47 Å². The minimum Gasteiger partial charge on any atom is -0.382 e. The molecule has 15 heavy (non-hydrogen) atoms. The van der Waals surface area contributed by atoms with Crippen molar-refractivity contribution in [3.63, 3.8) is 0 Å². The lowest BCUT2D eigenvalue weighted by molar-refractivity contribution is -0.0158. The summed E-state index contributed by atoms with van der Waals surface area (Å²) in [7, 11) is 1.73. The predicted octanol–water partition coefficient (Wildman–Crippen LogP) is 1.96. The van der Waals surface area contributed by atoms with Crippen molar-refractivity contribution in [1.82, 2.24) is 5.32 Å². The van der Waals surface area contributed by atoms with Gasteiger partial charge in [-0.3, -0.25) is 0 Å². The molecule has 0 aromatic rings. The van der Waals surface area contributed by atoms with Gasteiger partial charge in [-0.25, -0.2) is 0 Å². The SMILES string of the molecule is COCC1CCC(C(C)NC(C)(C)C)O1. The standard InChI is InChI=1S/C12H25NO2/c1-9(13-12(2,3)4)11-7-6-10(15-11)8-14-5/h9-11,13H,6-8H2,1-5H3. The fourth-order valence-electron chi connectivity index (χ4n) is 2.19. The van der Waals surface area contributed by atoms with Gasteiger partial charge in [-0.15, -0.1) is 0 Å². The maximum Gasteiger partial charge on any atom is 0.0813 e. The molecule has 1 heterocycles. The molecule has 0 bridgehead atoms. The molecule has 0 spiro atoms. The Morgan fingerprint density at radius 1 is 1.40 bits per heavy atom. The van der Waals surface area contributed by atoms with E-state index in [-0.39, 0.29) is 5.54 Å². The number of hydrogen-bond acceptors (Lipinski definition) is 3. The van der Waals surface area contributed by atoms with Gasteiger partial charge in [-0.2, -0.15) is 0 Å². The van der Waals surface area contributed by atoms with Gasteiger partial charge >= 0.3 is 0 Å². The van der Waals surface area contributed by atoms with Crippen LogP contribution in [0.2, 0.25) is 0 Å². The monoisotopic (exact) mass is 215 g/mol. The van der Waals surface area contributed by atoms with Gasteiger partial charge in [0.25, 0.3) is 0 Å². The highest BCUT2D eigenvalue weighted by Gasteiger charge is 2.30. The second kappa shape index (κ2) is 5.28. The number of ether oxygens (including phenoxy) is 2. The van der Waals surface area contributed by atoms with E-state index >= 15 is 0 Å². The quantitative estimate of drug-likeness (QED) is 0.777. The van der Waals surface area contributed by atoms with Crippen molar-refractivity contribution in [2.24, 2.45) is 0 Å². The molecule has 0 radical (unpaired) electrons. The third-order valence-corrected chi connectivity index (χ3v) is 2.71. The van der Waals surface area contributed by atoms with Crippen LogP contribution in [0.3, 0.4) is 0 Å². The van der Waals surface area contributed by atoms with E-state index in [1.807, 2.05) is 0 Å². The largest absolute Gasteiger partial charge is 0.382 e. The average molecular weight is 215 g/mol. The van der Waals surface area contributed by atoms with Gasteiger partial charge in [0.1, 0.15) is 0 Å². The molecule has 1 saturated heterocycles. The minimum atomic E-state index is 0.155. The van der Waals surface area contributed by atoms with Crippen LogP contribution < -0.4 is 5.32 Å². The summed E-state index contributed by atoms with van der Waals surface area (Å²) in [5.74, 6) is 0. The zero-order chi connectivity index (χ0) is 11.5. The van der Waals surface area contributed by atoms with E-state index in [1.165, 1.54) is 0 Å². The lowest BCUT2D eigenvalue weighted by atomic mass is 10.0. The summed E-state index contributed by atoms with van der Waals surface area (Å²) in [4.78, 5) is 0. The third kappa shape index (κ3) is 4.49. The second-order valence-electron chi connectivity index (χ2n) is 5.51. The normalized spacial score (nSPS) is 29.4. The maximum atomic E-state index is 5.92. The van der Waals surface area contributed by atoms with Crippen LogP contribution in [0.1, 0.15) is 40.5 Å². The molecular formula is C12H25NO2. The molecule has 0 saturated carbocycles. The van der Waals surface area contributed by atoms with Gasteiger partial charge in [-0.05, 0) is 40.5 Å². The molecule has 1 fully saturated rings. The first-order valence-corrected chi connectivity index (χ1v) is 5.84. The summed E-state index contributed by atoms with van der Waals surface area (Å²) < 4.78 is 11.0. The van der Waals surface area contributed by atoms with Crippen molar-refractivity contribution in [3.8, 4) is 0 Å². The van der Waals surface area contributed by atoms with Crippen LogP contribution in [0.4, 0.5) is 0 Å². The third-order valence-electron chi connectivity index (χ3n) is 2.71. The van der Waals surface area contributed by atoms with E-state index in [9.17, 15) is 0 Å². The number of methoxy groups -OCH3 is 1. The zero-order valence-corrected chi connectivity index (χ0v) is 10.7. The molecule has 1 aliphatic heterocycles. The fourth-order valence-corrected chi connectivity index (χ4v) is 2.19. The zero-order valence-electron chi connectivity index (χ0n) is 10.7. The Hall–Kier alpha value is -0.120. The minimum absolute atomic E-state index is 0.155. The molecule has 1 N–H and O–H groups in total. The molecule has 1 rings (SSSR count). The van der Waals surface area contributed by atoms with Crippen molar-refractivity contribution in [3.05, 3.63) is 0 Å². The highest BCUT2D eigenvalue weighted by atomic mass is 16.5. The Balaban J connectivity index is 2.33. The van der Waals surface area contributed by atoms with Crippen molar-refractivity contribution in [2.75, 3.05) is 13.7 Å². The molecule has 0 aromatic heterocycles. The highest BCUT2D eigenvalue weighted by Crippen LogP contribution is 2.23. The Labute approximate surface area is 93.5 Å². The van der Waals surface area contributed by atoms with E-state index < -0.39 is 0 Å². The van der Waals surface area contributed by atoms with Gasteiger partial charge < -0.3 is 14.8 Å². The van der Waals surface area contributed by atoms with Crippen LogP contribution in [0.25, 0.3) is 0 Å². The number of nitrogens with one attached hydrogen (secondary N) is 1. The van der Waals surface area contributed by atoms with Crippen LogP contribution in [0.15, 0.2) is 0 Å². The lowest BCUT2D eigenvalue weighted by Gasteiger charge is -2.29. The van der Waals surface area contributed by atoms with E-state index in [0.29, 0.717) is 18.2 Å². The molecule has 3 heteroatoms. The summed E-state index contributed by atoms with van der Waals surface area (Å²) in [6.07, 6.45) is 2.89. The average Bonchev–Trinajstić information content (AvgIpc) is 2.50. The summed E-state index contributed by atoms with van der Waals surface area (Å²) in [6.45, 7) is 9.48.